The van der Waals surface area contributed by atoms with E-state index in [2.05, 4.69) is 20.4 Å². The molecule has 1 aliphatic heterocycles. The Morgan fingerprint density at radius 1 is 1.19 bits per heavy atom. The molecule has 16 heteroatoms. The average Bonchev–Trinajstić information content (AvgIpc) is 3.50. The van der Waals surface area contributed by atoms with Crippen LogP contribution in [0.3, 0.4) is 0 Å². The molecule has 1 aromatic carbocycles. The molecule has 1 aliphatic rings. The summed E-state index contributed by atoms with van der Waals surface area (Å²) in [6, 6.07) is 7.75. The highest BCUT2D eigenvalue weighted by atomic mass is 32.2. The number of nitrogens with one attached hydrogen (secondary N) is 1. The number of aromatic nitrogens is 4. The van der Waals surface area contributed by atoms with E-state index >= 15 is 0 Å². The predicted molar refractivity (Wildman–Crippen MR) is 144 cm³/mol. The number of carbonyl (C=O) groups is 1. The first kappa shape index (κ1) is 29.2. The molecule has 3 N–H and O–H groups in total. The third-order valence-corrected chi connectivity index (χ3v) is 8.61. The van der Waals surface area contributed by atoms with E-state index in [1.807, 2.05) is 13.0 Å². The molecule has 0 bridgehead atoms. The fraction of sp³-hybridized carbons (Fsp3) is 0.308. The maximum atomic E-state index is 15.0. The van der Waals surface area contributed by atoms with Crippen molar-refractivity contribution in [2.75, 3.05) is 25.9 Å². The summed E-state index contributed by atoms with van der Waals surface area (Å²) < 4.78 is 89.3. The summed E-state index contributed by atoms with van der Waals surface area (Å²) in [6.07, 6.45) is -4.33. The summed E-state index contributed by atoms with van der Waals surface area (Å²) in [5.74, 6) is -1.78. The molecule has 1 saturated heterocycles. The van der Waals surface area contributed by atoms with Crippen LogP contribution in [-0.4, -0.2) is 70.6 Å². The van der Waals surface area contributed by atoms with E-state index in [4.69, 9.17) is 10.5 Å². The monoisotopic (exact) mass is 607 g/mol. The zero-order valence-corrected chi connectivity index (χ0v) is 23.1. The maximum absolute atomic E-state index is 15.0. The van der Waals surface area contributed by atoms with E-state index in [-0.39, 0.29) is 35.0 Å². The van der Waals surface area contributed by atoms with Crippen molar-refractivity contribution < 1.29 is 35.5 Å². The topological polar surface area (TPSA) is 145 Å². The minimum absolute atomic E-state index is 0.0510. The molecule has 1 amide bonds. The lowest BCUT2D eigenvalue weighted by Gasteiger charge is -2.17. The Bertz CT molecular complexity index is 1780. The normalized spacial score (nSPS) is 18.0. The number of methoxy groups -OCH3 is 1. The SMILES string of the molecule is COc1ncc(-c2cc(C(F)(F)F)c3c(N)ncnn23)cc1C(=O)N[C@@H]1CN(S(=O)(=O)Cc2cccc(C)c2)C[C@@H]1F. The van der Waals surface area contributed by atoms with Crippen LogP contribution in [0, 0.1) is 6.92 Å². The number of benzene rings is 1. The minimum Gasteiger partial charge on any atom is -0.480 e. The Kier molecular flexibility index (Phi) is 7.53. The van der Waals surface area contributed by atoms with Crippen molar-refractivity contribution in [3.63, 3.8) is 0 Å². The lowest BCUT2D eigenvalue weighted by molar-refractivity contribution is -0.136. The van der Waals surface area contributed by atoms with E-state index in [9.17, 15) is 30.8 Å². The number of halogens is 4. The van der Waals surface area contributed by atoms with Gasteiger partial charge in [0.2, 0.25) is 15.9 Å². The van der Waals surface area contributed by atoms with Crippen molar-refractivity contribution in [3.05, 3.63) is 71.2 Å². The number of nitrogens with zero attached hydrogens (tertiary/aromatic N) is 5. The van der Waals surface area contributed by atoms with Crippen LogP contribution >= 0.6 is 0 Å². The van der Waals surface area contributed by atoms with Crippen LogP contribution in [0.1, 0.15) is 27.0 Å². The van der Waals surface area contributed by atoms with Crippen molar-refractivity contribution >= 4 is 27.3 Å². The summed E-state index contributed by atoms with van der Waals surface area (Å²) in [7, 11) is -2.67. The van der Waals surface area contributed by atoms with Gasteiger partial charge in [-0.25, -0.2) is 27.3 Å². The van der Waals surface area contributed by atoms with E-state index in [1.54, 1.807) is 18.2 Å². The number of nitrogens with two attached hydrogens (primary N) is 1. The van der Waals surface area contributed by atoms with Gasteiger partial charge < -0.3 is 15.8 Å². The molecule has 0 radical (unpaired) electrons. The second-order valence-corrected chi connectivity index (χ2v) is 11.8. The number of ether oxygens (including phenoxy) is 1. The molecule has 11 nitrogen and oxygen atoms in total. The number of sulfonamides is 1. The summed E-state index contributed by atoms with van der Waals surface area (Å²) in [5.41, 5.74) is 5.32. The maximum Gasteiger partial charge on any atom is 0.418 e. The first-order valence-corrected chi connectivity index (χ1v) is 14.1. The molecule has 0 spiro atoms. The highest BCUT2D eigenvalue weighted by Gasteiger charge is 2.40. The molecule has 2 atom stereocenters. The van der Waals surface area contributed by atoms with Crippen LogP contribution in [0.5, 0.6) is 5.88 Å². The first-order valence-electron chi connectivity index (χ1n) is 12.5. The molecule has 42 heavy (non-hydrogen) atoms. The van der Waals surface area contributed by atoms with Gasteiger partial charge in [-0.1, -0.05) is 29.8 Å². The number of pyridine rings is 1. The van der Waals surface area contributed by atoms with Gasteiger partial charge in [0.15, 0.2) is 5.82 Å². The summed E-state index contributed by atoms with van der Waals surface area (Å²) in [5, 5.41) is 6.36. The number of amides is 1. The Balaban J connectivity index is 1.41. The number of alkyl halides is 4. The van der Waals surface area contributed by atoms with E-state index in [0.29, 0.717) is 5.56 Å². The molecule has 0 unspecified atom stereocenters. The summed E-state index contributed by atoms with van der Waals surface area (Å²) in [4.78, 5) is 21.0. The first-order chi connectivity index (χ1) is 19.8. The van der Waals surface area contributed by atoms with Crippen LogP contribution in [0.4, 0.5) is 23.4 Å². The molecule has 4 heterocycles. The Morgan fingerprint density at radius 2 is 1.95 bits per heavy atom. The van der Waals surface area contributed by atoms with Crippen LogP contribution in [0.15, 0.2) is 48.9 Å². The van der Waals surface area contributed by atoms with Gasteiger partial charge in [0.1, 0.15) is 23.6 Å². The summed E-state index contributed by atoms with van der Waals surface area (Å²) >= 11 is 0. The number of nitrogen functional groups attached to an aromatic ring is 1. The van der Waals surface area contributed by atoms with E-state index in [1.165, 1.54) is 19.4 Å². The molecule has 1 fully saturated rings. The molecule has 0 saturated carbocycles. The van der Waals surface area contributed by atoms with Gasteiger partial charge in [-0.3, -0.25) is 4.79 Å². The third kappa shape index (κ3) is 5.59. The standard InChI is InChI=1S/C26H25F4N7O4S/c1-14-4-3-5-15(6-14)12-42(39,40)36-10-19(27)20(11-36)35-24(38)17-7-16(9-32-25(17)41-2)21-8-18(26(28,29)30)22-23(31)33-13-34-37(21)22/h3-9,13,19-20H,10-12H2,1-2H3,(H,35,38)(H2,31,33,34)/t19-,20+/m0/s1. The van der Waals surface area contributed by atoms with E-state index in [0.717, 1.165) is 26.8 Å². The molecule has 222 valence electrons. The lowest BCUT2D eigenvalue weighted by atomic mass is 10.1. The number of fused-ring (bicyclic) bond motifs is 1. The van der Waals surface area contributed by atoms with E-state index < -0.39 is 57.8 Å². The van der Waals surface area contributed by atoms with Gasteiger partial charge in [0.25, 0.3) is 5.91 Å². The van der Waals surface area contributed by atoms with Gasteiger partial charge in [0, 0.05) is 24.8 Å². The van der Waals surface area contributed by atoms with Gasteiger partial charge >= 0.3 is 6.18 Å². The van der Waals surface area contributed by atoms with Crippen LogP contribution in [0.25, 0.3) is 16.8 Å². The minimum atomic E-state index is -4.79. The number of carbonyl (C=O) groups excluding carboxylic acids is 1. The van der Waals surface area contributed by atoms with Gasteiger partial charge in [0.05, 0.1) is 30.2 Å². The van der Waals surface area contributed by atoms with Crippen molar-refractivity contribution in [1.82, 2.24) is 29.2 Å². The van der Waals surface area contributed by atoms with Gasteiger partial charge in [-0.05, 0) is 24.6 Å². The number of anilines is 1. The zero-order chi connectivity index (χ0) is 30.4. The van der Waals surface area contributed by atoms with Crippen molar-refractivity contribution in [2.45, 2.75) is 31.1 Å². The van der Waals surface area contributed by atoms with Crippen LogP contribution in [-0.2, 0) is 22.0 Å². The van der Waals surface area contributed by atoms with Crippen molar-refractivity contribution in [3.8, 4) is 17.1 Å². The third-order valence-electron chi connectivity index (χ3n) is 6.83. The molecular weight excluding hydrogens is 582 g/mol. The number of rotatable bonds is 7. The Hall–Kier alpha value is -4.31. The van der Waals surface area contributed by atoms with Gasteiger partial charge in [-0.15, -0.1) is 0 Å². The second kappa shape index (κ2) is 10.8. The molecule has 3 aromatic heterocycles. The van der Waals surface area contributed by atoms with Crippen LogP contribution in [0.2, 0.25) is 0 Å². The highest BCUT2D eigenvalue weighted by Crippen LogP contribution is 2.39. The fourth-order valence-electron chi connectivity index (χ4n) is 4.85. The zero-order valence-electron chi connectivity index (χ0n) is 22.3. The lowest BCUT2D eigenvalue weighted by Crippen LogP contribution is -2.42. The summed E-state index contributed by atoms with van der Waals surface area (Å²) in [6.45, 7) is 1.06. The average molecular weight is 608 g/mol. The molecular formula is C26H25F4N7O4S. The Morgan fingerprint density at radius 3 is 2.64 bits per heavy atom. The predicted octanol–water partition coefficient (Wildman–Crippen LogP) is 2.99. The Labute approximate surface area is 237 Å². The van der Waals surface area contributed by atoms with Crippen LogP contribution < -0.4 is 15.8 Å². The van der Waals surface area contributed by atoms with Gasteiger partial charge in [-0.2, -0.15) is 22.6 Å². The quantitative estimate of drug-likeness (QED) is 0.305. The molecule has 5 rings (SSSR count). The number of hydrogen-bond acceptors (Lipinski definition) is 8. The van der Waals surface area contributed by atoms with Crippen molar-refractivity contribution in [1.29, 1.82) is 0 Å². The number of aryl methyl sites for hydroxylation is 1. The largest absolute Gasteiger partial charge is 0.480 e. The highest BCUT2D eigenvalue weighted by molar-refractivity contribution is 7.88. The van der Waals surface area contributed by atoms with Crippen molar-refractivity contribution in [2.24, 2.45) is 0 Å². The smallest absolute Gasteiger partial charge is 0.418 e. The molecule has 4 aromatic rings. The fourth-order valence-corrected chi connectivity index (χ4v) is 6.39. The second-order valence-electron chi connectivity index (χ2n) is 9.79. The number of hydrogen-bond donors (Lipinski definition) is 2. The molecule has 0 aliphatic carbocycles.